The highest BCUT2D eigenvalue weighted by Crippen LogP contribution is 2.25. The number of rotatable bonds is 5. The summed E-state index contributed by atoms with van der Waals surface area (Å²) in [6, 6.07) is 7.41. The summed E-state index contributed by atoms with van der Waals surface area (Å²) in [6.45, 7) is 2.48. The van der Waals surface area contributed by atoms with E-state index in [4.69, 9.17) is 11.6 Å². The monoisotopic (exact) mass is 386 g/mol. The number of imidazole rings is 1. The third-order valence-corrected chi connectivity index (χ3v) is 4.94. The van der Waals surface area contributed by atoms with Gasteiger partial charge in [0.1, 0.15) is 18.3 Å². The van der Waals surface area contributed by atoms with Crippen molar-refractivity contribution in [1.82, 2.24) is 29.5 Å². The lowest BCUT2D eigenvalue weighted by Crippen LogP contribution is -2.36. The molecule has 0 aliphatic heterocycles. The molecule has 3 heterocycles. The van der Waals surface area contributed by atoms with Gasteiger partial charge in [-0.15, -0.1) is 11.3 Å². The maximum absolute atomic E-state index is 12.6. The van der Waals surface area contributed by atoms with Crippen LogP contribution in [0.15, 0.2) is 48.5 Å². The fourth-order valence-electron chi connectivity index (χ4n) is 2.69. The predicted molar refractivity (Wildman–Crippen MR) is 100 cm³/mol. The van der Waals surface area contributed by atoms with Gasteiger partial charge in [-0.1, -0.05) is 23.7 Å². The van der Waals surface area contributed by atoms with E-state index < -0.39 is 0 Å². The van der Waals surface area contributed by atoms with Crippen molar-refractivity contribution in [2.24, 2.45) is 0 Å². The predicted octanol–water partition coefficient (Wildman–Crippen LogP) is 3.13. The molecule has 4 aromatic rings. The molecule has 1 aromatic carbocycles. The summed E-state index contributed by atoms with van der Waals surface area (Å²) in [7, 11) is 0. The number of carbonyl (C=O) groups is 1. The summed E-state index contributed by atoms with van der Waals surface area (Å²) in [5, 5.41) is 9.49. The second-order valence-electron chi connectivity index (χ2n) is 5.90. The van der Waals surface area contributed by atoms with Gasteiger partial charge in [0.2, 0.25) is 0 Å². The summed E-state index contributed by atoms with van der Waals surface area (Å²) in [5.74, 6) is -0.154. The largest absolute Gasteiger partial charge is 0.346 e. The first-order valence-electron chi connectivity index (χ1n) is 7.96. The number of hydrogen-bond donors (Lipinski definition) is 1. The molecular formula is C17H15ClN6OS. The van der Waals surface area contributed by atoms with Crippen molar-refractivity contribution in [3.8, 4) is 11.3 Å². The first-order chi connectivity index (χ1) is 12.6. The fraction of sp³-hybridized carbons (Fsp3) is 0.176. The Kier molecular flexibility index (Phi) is 4.44. The molecule has 4 rings (SSSR count). The van der Waals surface area contributed by atoms with Gasteiger partial charge in [0.05, 0.1) is 12.2 Å². The van der Waals surface area contributed by atoms with E-state index in [0.717, 1.165) is 16.2 Å². The van der Waals surface area contributed by atoms with Gasteiger partial charge in [-0.3, -0.25) is 13.9 Å². The molecule has 0 radical (unpaired) electrons. The van der Waals surface area contributed by atoms with Crippen LogP contribution in [0.25, 0.3) is 16.2 Å². The molecule has 1 N–H and O–H groups in total. The van der Waals surface area contributed by atoms with Crippen molar-refractivity contribution in [1.29, 1.82) is 0 Å². The van der Waals surface area contributed by atoms with E-state index in [0.29, 0.717) is 17.3 Å². The average Bonchev–Trinajstić information content (AvgIpc) is 3.30. The van der Waals surface area contributed by atoms with Crippen LogP contribution in [0.1, 0.15) is 17.4 Å². The number of amides is 1. The van der Waals surface area contributed by atoms with Crippen LogP contribution < -0.4 is 5.32 Å². The summed E-state index contributed by atoms with van der Waals surface area (Å²) in [6.07, 6.45) is 4.95. The highest BCUT2D eigenvalue weighted by Gasteiger charge is 2.17. The van der Waals surface area contributed by atoms with Gasteiger partial charge in [-0.05, 0) is 19.1 Å². The molecule has 0 spiro atoms. The molecule has 7 nitrogen and oxygen atoms in total. The number of carbonyl (C=O) groups excluding carboxylic acids is 1. The van der Waals surface area contributed by atoms with Crippen molar-refractivity contribution in [3.05, 3.63) is 59.2 Å². The second-order valence-corrected chi connectivity index (χ2v) is 7.18. The van der Waals surface area contributed by atoms with Crippen LogP contribution >= 0.6 is 22.9 Å². The number of halogens is 1. The van der Waals surface area contributed by atoms with Gasteiger partial charge in [0, 0.05) is 28.2 Å². The van der Waals surface area contributed by atoms with Crippen LogP contribution in [0, 0.1) is 0 Å². The van der Waals surface area contributed by atoms with Gasteiger partial charge in [-0.2, -0.15) is 5.10 Å². The summed E-state index contributed by atoms with van der Waals surface area (Å²) < 4.78 is 3.49. The molecule has 9 heteroatoms. The number of nitrogens with zero attached hydrogens (tertiary/aromatic N) is 5. The Morgan fingerprint density at radius 2 is 2.31 bits per heavy atom. The van der Waals surface area contributed by atoms with Crippen molar-refractivity contribution in [2.45, 2.75) is 19.5 Å². The van der Waals surface area contributed by atoms with Gasteiger partial charge in [0.15, 0.2) is 4.96 Å². The Morgan fingerprint density at radius 1 is 1.42 bits per heavy atom. The van der Waals surface area contributed by atoms with Crippen LogP contribution in [-0.4, -0.2) is 36.1 Å². The van der Waals surface area contributed by atoms with E-state index in [1.165, 1.54) is 17.7 Å². The molecule has 0 unspecified atom stereocenters. The number of aromatic nitrogens is 5. The van der Waals surface area contributed by atoms with E-state index >= 15 is 0 Å². The van der Waals surface area contributed by atoms with Crippen molar-refractivity contribution in [2.75, 3.05) is 0 Å². The molecular weight excluding hydrogens is 372 g/mol. The van der Waals surface area contributed by atoms with Gasteiger partial charge in [-0.25, -0.2) is 9.97 Å². The van der Waals surface area contributed by atoms with E-state index in [1.807, 2.05) is 42.8 Å². The van der Waals surface area contributed by atoms with Crippen molar-refractivity contribution in [3.63, 3.8) is 0 Å². The third-order valence-electron chi connectivity index (χ3n) is 3.87. The average molecular weight is 387 g/mol. The molecule has 0 fully saturated rings. The Hall–Kier alpha value is -2.71. The van der Waals surface area contributed by atoms with E-state index in [-0.39, 0.29) is 11.9 Å². The van der Waals surface area contributed by atoms with E-state index in [9.17, 15) is 4.79 Å². The highest BCUT2D eigenvalue weighted by molar-refractivity contribution is 7.15. The molecule has 26 heavy (non-hydrogen) atoms. The molecule has 0 aliphatic carbocycles. The topological polar surface area (TPSA) is 77.1 Å². The molecule has 1 amide bonds. The molecule has 132 valence electrons. The maximum atomic E-state index is 12.6. The van der Waals surface area contributed by atoms with Gasteiger partial charge in [0.25, 0.3) is 5.91 Å². The Morgan fingerprint density at radius 3 is 3.08 bits per heavy atom. The molecule has 1 atom stereocenters. The maximum Gasteiger partial charge on any atom is 0.269 e. The standard InChI is InChI=1S/C17H15ClN6OS/c1-11(6-23-10-19-9-20-23)21-16(25)15-8-26-17-22-14(7-24(15)17)12-3-2-4-13(18)5-12/h2-5,7-11H,6H2,1H3,(H,21,25)/t11-/m0/s1. The highest BCUT2D eigenvalue weighted by atomic mass is 35.5. The zero-order valence-electron chi connectivity index (χ0n) is 13.8. The minimum Gasteiger partial charge on any atom is -0.346 e. The van der Waals surface area contributed by atoms with Crippen molar-refractivity contribution >= 4 is 33.8 Å². The lowest BCUT2D eigenvalue weighted by molar-refractivity contribution is 0.0930. The van der Waals surface area contributed by atoms with Crippen molar-refractivity contribution < 1.29 is 4.79 Å². The lowest BCUT2D eigenvalue weighted by Gasteiger charge is -2.13. The molecule has 0 saturated carbocycles. The number of fused-ring (bicyclic) bond motifs is 1. The van der Waals surface area contributed by atoms with Gasteiger partial charge >= 0.3 is 0 Å². The summed E-state index contributed by atoms with van der Waals surface area (Å²) >= 11 is 7.48. The molecule has 0 aliphatic rings. The minimum atomic E-state index is -0.154. The molecule has 0 bridgehead atoms. The van der Waals surface area contributed by atoms with Crippen LogP contribution in [0.5, 0.6) is 0 Å². The second kappa shape index (κ2) is 6.89. The number of benzene rings is 1. The van der Waals surface area contributed by atoms with Crippen LogP contribution in [0.4, 0.5) is 0 Å². The first-order valence-corrected chi connectivity index (χ1v) is 9.22. The number of thiazole rings is 1. The van der Waals surface area contributed by atoms with Crippen LogP contribution in [-0.2, 0) is 6.54 Å². The quantitative estimate of drug-likeness (QED) is 0.571. The normalized spacial score (nSPS) is 12.4. The smallest absolute Gasteiger partial charge is 0.269 e. The fourth-order valence-corrected chi connectivity index (χ4v) is 3.73. The lowest BCUT2D eigenvalue weighted by atomic mass is 10.2. The Bertz CT molecular complexity index is 1050. The molecule has 3 aromatic heterocycles. The first kappa shape index (κ1) is 16.7. The van der Waals surface area contributed by atoms with Gasteiger partial charge < -0.3 is 5.32 Å². The summed E-state index contributed by atoms with van der Waals surface area (Å²) in [5.41, 5.74) is 2.25. The van der Waals surface area contributed by atoms with Crippen LogP contribution in [0.3, 0.4) is 0 Å². The third kappa shape index (κ3) is 3.33. The van der Waals surface area contributed by atoms with Crippen LogP contribution in [0.2, 0.25) is 5.02 Å². The Labute approximate surface area is 158 Å². The summed E-state index contributed by atoms with van der Waals surface area (Å²) in [4.78, 5) is 21.9. The Balaban J connectivity index is 1.55. The number of hydrogen-bond acceptors (Lipinski definition) is 5. The number of nitrogens with one attached hydrogen (secondary N) is 1. The van der Waals surface area contributed by atoms with E-state index in [2.05, 4.69) is 20.4 Å². The zero-order chi connectivity index (χ0) is 18.1. The zero-order valence-corrected chi connectivity index (χ0v) is 15.4. The molecule has 0 saturated heterocycles. The van der Waals surface area contributed by atoms with E-state index in [1.54, 1.807) is 15.4 Å². The minimum absolute atomic E-state index is 0.0879. The SMILES string of the molecule is C[C@@H](Cn1cncn1)NC(=O)c1csc2nc(-c3cccc(Cl)c3)cn12.